The van der Waals surface area contributed by atoms with E-state index in [-0.39, 0.29) is 18.0 Å². The summed E-state index contributed by atoms with van der Waals surface area (Å²) in [5.41, 5.74) is 9.05. The van der Waals surface area contributed by atoms with Gasteiger partial charge in [-0.1, -0.05) is 19.1 Å². The monoisotopic (exact) mass is 405 g/mol. The molecule has 3 aromatic carbocycles. The third-order valence-corrected chi connectivity index (χ3v) is 5.16. The minimum absolute atomic E-state index is 0.172. The standard InChI is InChI=1S/C24H24FN3O2/c1-3-22(26)24(16-5-4-6-20(13-16)29-2)30-21-11-12-23-17(14-21)15-27-28(23)19-9-7-18(25)8-10-19/h4-15,22,24H,3,26H2,1-2H3. The number of methoxy groups -OCH3 is 1. The first-order valence-corrected chi connectivity index (χ1v) is 9.89. The Bertz CT molecular complexity index is 1140. The average molecular weight is 405 g/mol. The van der Waals surface area contributed by atoms with Gasteiger partial charge < -0.3 is 15.2 Å². The van der Waals surface area contributed by atoms with Gasteiger partial charge in [-0.2, -0.15) is 5.10 Å². The highest BCUT2D eigenvalue weighted by molar-refractivity contribution is 5.81. The molecule has 2 N–H and O–H groups in total. The van der Waals surface area contributed by atoms with E-state index in [9.17, 15) is 4.39 Å². The van der Waals surface area contributed by atoms with E-state index in [1.807, 2.05) is 49.4 Å². The van der Waals surface area contributed by atoms with Crippen LogP contribution in [-0.2, 0) is 0 Å². The van der Waals surface area contributed by atoms with Crippen LogP contribution >= 0.6 is 0 Å². The summed E-state index contributed by atoms with van der Waals surface area (Å²) in [6, 6.07) is 19.6. The Morgan fingerprint density at radius 3 is 2.57 bits per heavy atom. The molecule has 0 saturated heterocycles. The molecule has 1 heterocycles. The number of nitrogens with two attached hydrogens (primary N) is 1. The number of ether oxygens (including phenoxy) is 2. The molecule has 1 aromatic heterocycles. The van der Waals surface area contributed by atoms with Gasteiger partial charge in [0, 0.05) is 11.4 Å². The van der Waals surface area contributed by atoms with Gasteiger partial charge in [-0.05, 0) is 66.6 Å². The minimum Gasteiger partial charge on any atom is -0.497 e. The molecule has 5 nitrogen and oxygen atoms in total. The van der Waals surface area contributed by atoms with E-state index in [2.05, 4.69) is 5.10 Å². The third-order valence-electron chi connectivity index (χ3n) is 5.16. The second-order valence-electron chi connectivity index (χ2n) is 7.14. The molecule has 4 rings (SSSR count). The number of halogens is 1. The Morgan fingerprint density at radius 2 is 1.83 bits per heavy atom. The van der Waals surface area contributed by atoms with Crippen molar-refractivity contribution < 1.29 is 13.9 Å². The highest BCUT2D eigenvalue weighted by Crippen LogP contribution is 2.30. The van der Waals surface area contributed by atoms with Crippen LogP contribution in [0.2, 0.25) is 0 Å². The highest BCUT2D eigenvalue weighted by atomic mass is 19.1. The first kappa shape index (κ1) is 19.9. The zero-order valence-corrected chi connectivity index (χ0v) is 17.0. The molecule has 4 aromatic rings. The molecule has 0 amide bonds. The molecule has 0 aliphatic carbocycles. The fourth-order valence-electron chi connectivity index (χ4n) is 3.45. The summed E-state index contributed by atoms with van der Waals surface area (Å²) >= 11 is 0. The van der Waals surface area contributed by atoms with E-state index in [1.54, 1.807) is 30.1 Å². The molecule has 2 atom stereocenters. The fourth-order valence-corrected chi connectivity index (χ4v) is 3.45. The van der Waals surface area contributed by atoms with Crippen LogP contribution < -0.4 is 15.2 Å². The summed E-state index contributed by atoms with van der Waals surface area (Å²) in [6.45, 7) is 2.04. The Balaban J connectivity index is 1.65. The fraction of sp³-hybridized carbons (Fsp3) is 0.208. The Hall–Kier alpha value is -3.38. The smallest absolute Gasteiger partial charge is 0.139 e. The first-order valence-electron chi connectivity index (χ1n) is 9.89. The number of aromatic nitrogens is 2. The van der Waals surface area contributed by atoms with Gasteiger partial charge in [-0.15, -0.1) is 0 Å². The zero-order chi connectivity index (χ0) is 21.1. The van der Waals surface area contributed by atoms with E-state index < -0.39 is 0 Å². The predicted molar refractivity (Wildman–Crippen MR) is 116 cm³/mol. The lowest BCUT2D eigenvalue weighted by Gasteiger charge is -2.25. The van der Waals surface area contributed by atoms with E-state index in [4.69, 9.17) is 15.2 Å². The average Bonchev–Trinajstić information content (AvgIpc) is 3.20. The van der Waals surface area contributed by atoms with Crippen molar-refractivity contribution in [3.05, 3.63) is 84.3 Å². The molecule has 30 heavy (non-hydrogen) atoms. The number of nitrogens with zero attached hydrogens (tertiary/aromatic N) is 2. The van der Waals surface area contributed by atoms with E-state index >= 15 is 0 Å². The molecular weight excluding hydrogens is 381 g/mol. The van der Waals surface area contributed by atoms with Crippen molar-refractivity contribution in [2.45, 2.75) is 25.5 Å². The van der Waals surface area contributed by atoms with Crippen molar-refractivity contribution in [2.75, 3.05) is 7.11 Å². The maximum absolute atomic E-state index is 13.2. The molecule has 154 valence electrons. The molecule has 0 saturated carbocycles. The van der Waals surface area contributed by atoms with Gasteiger partial charge in [0.2, 0.25) is 0 Å². The van der Waals surface area contributed by atoms with Crippen LogP contribution in [0.15, 0.2) is 72.9 Å². The van der Waals surface area contributed by atoms with Crippen molar-refractivity contribution in [2.24, 2.45) is 5.73 Å². The van der Waals surface area contributed by atoms with Gasteiger partial charge in [0.05, 0.1) is 24.5 Å². The first-order chi connectivity index (χ1) is 14.6. The van der Waals surface area contributed by atoms with Crippen LogP contribution in [0.4, 0.5) is 4.39 Å². The van der Waals surface area contributed by atoms with Crippen LogP contribution in [0.3, 0.4) is 0 Å². The van der Waals surface area contributed by atoms with Crippen molar-refractivity contribution in [3.8, 4) is 17.2 Å². The van der Waals surface area contributed by atoms with Crippen LogP contribution in [0, 0.1) is 5.82 Å². The molecule has 6 heteroatoms. The van der Waals surface area contributed by atoms with Gasteiger partial charge >= 0.3 is 0 Å². The highest BCUT2D eigenvalue weighted by Gasteiger charge is 2.21. The topological polar surface area (TPSA) is 62.3 Å². The SMILES string of the molecule is CCC(N)C(Oc1ccc2c(cnn2-c2ccc(F)cc2)c1)c1cccc(OC)c1. The lowest BCUT2D eigenvalue weighted by atomic mass is 10.0. The van der Waals surface area contributed by atoms with Gasteiger partial charge in [-0.25, -0.2) is 9.07 Å². The minimum atomic E-state index is -0.310. The number of hydrogen-bond donors (Lipinski definition) is 1. The molecule has 0 bridgehead atoms. The maximum atomic E-state index is 13.2. The summed E-state index contributed by atoms with van der Waals surface area (Å²) in [6.07, 6.45) is 2.23. The molecule has 0 aliphatic rings. The zero-order valence-electron chi connectivity index (χ0n) is 17.0. The predicted octanol–water partition coefficient (Wildman–Crippen LogP) is 5.03. The van der Waals surface area contributed by atoms with E-state index in [0.717, 1.165) is 34.3 Å². The van der Waals surface area contributed by atoms with Crippen molar-refractivity contribution in [1.29, 1.82) is 0 Å². The normalized spacial score (nSPS) is 13.2. The Kier molecular flexibility index (Phi) is 5.68. The largest absolute Gasteiger partial charge is 0.497 e. The van der Waals surface area contributed by atoms with E-state index in [0.29, 0.717) is 5.75 Å². The second-order valence-corrected chi connectivity index (χ2v) is 7.14. The summed E-state index contributed by atoms with van der Waals surface area (Å²) < 4.78 is 26.7. The molecule has 0 radical (unpaired) electrons. The number of rotatable bonds is 7. The van der Waals surface area contributed by atoms with Crippen LogP contribution in [-0.4, -0.2) is 22.9 Å². The third kappa shape index (κ3) is 4.00. The summed E-state index contributed by atoms with van der Waals surface area (Å²) in [4.78, 5) is 0. The van der Waals surface area contributed by atoms with Crippen LogP contribution in [0.5, 0.6) is 11.5 Å². The van der Waals surface area contributed by atoms with Gasteiger partial charge in [0.1, 0.15) is 23.4 Å². The molecule has 0 spiro atoms. The molecule has 0 aliphatic heterocycles. The number of fused-ring (bicyclic) bond motifs is 1. The quantitative estimate of drug-likeness (QED) is 0.468. The lowest BCUT2D eigenvalue weighted by Crippen LogP contribution is -2.31. The van der Waals surface area contributed by atoms with Crippen molar-refractivity contribution in [3.63, 3.8) is 0 Å². The second kappa shape index (κ2) is 8.55. The number of hydrogen-bond acceptors (Lipinski definition) is 4. The van der Waals surface area contributed by atoms with Gasteiger partial charge in [-0.3, -0.25) is 0 Å². The Labute approximate surface area is 174 Å². The molecular formula is C24H24FN3O2. The summed E-state index contributed by atoms with van der Waals surface area (Å²) in [7, 11) is 1.64. The van der Waals surface area contributed by atoms with Crippen LogP contribution in [0.1, 0.15) is 25.0 Å². The van der Waals surface area contributed by atoms with Gasteiger partial charge in [0.15, 0.2) is 0 Å². The number of benzene rings is 3. The van der Waals surface area contributed by atoms with Crippen LogP contribution in [0.25, 0.3) is 16.6 Å². The summed E-state index contributed by atoms with van der Waals surface area (Å²) in [5.74, 6) is 1.19. The maximum Gasteiger partial charge on any atom is 0.139 e. The van der Waals surface area contributed by atoms with Gasteiger partial charge in [0.25, 0.3) is 0 Å². The van der Waals surface area contributed by atoms with E-state index in [1.165, 1.54) is 12.1 Å². The molecule has 2 unspecified atom stereocenters. The molecule has 0 fully saturated rings. The van der Waals surface area contributed by atoms with Crippen molar-refractivity contribution >= 4 is 10.9 Å². The Morgan fingerprint density at radius 1 is 1.03 bits per heavy atom. The van der Waals surface area contributed by atoms with Crippen molar-refractivity contribution in [1.82, 2.24) is 9.78 Å². The summed E-state index contributed by atoms with van der Waals surface area (Å²) in [5, 5.41) is 5.37. The lowest BCUT2D eigenvalue weighted by molar-refractivity contribution is 0.171.